The van der Waals surface area contributed by atoms with E-state index in [9.17, 15) is 9.90 Å². The topological polar surface area (TPSA) is 108 Å². The Labute approximate surface area is 163 Å². The van der Waals surface area contributed by atoms with Gasteiger partial charge in [0.15, 0.2) is 0 Å². The van der Waals surface area contributed by atoms with Crippen LogP contribution in [-0.2, 0) is 6.54 Å². The number of aromatic nitrogens is 2. The molecule has 142 valence electrons. The lowest BCUT2D eigenvalue weighted by molar-refractivity contribution is 0.0742. The van der Waals surface area contributed by atoms with Crippen molar-refractivity contribution in [1.82, 2.24) is 14.7 Å². The summed E-state index contributed by atoms with van der Waals surface area (Å²) in [5.74, 6) is 0.311. The summed E-state index contributed by atoms with van der Waals surface area (Å²) in [6.07, 6.45) is 2.21. The summed E-state index contributed by atoms with van der Waals surface area (Å²) in [4.78, 5) is 14.7. The van der Waals surface area contributed by atoms with Crippen molar-refractivity contribution in [2.75, 3.05) is 12.3 Å². The lowest BCUT2D eigenvalue weighted by atomic mass is 10.1. The first-order valence-electron chi connectivity index (χ1n) is 8.95. The monoisotopic (exact) mass is 375 g/mol. The van der Waals surface area contributed by atoms with Gasteiger partial charge in [0.2, 0.25) is 0 Å². The lowest BCUT2D eigenvalue weighted by Crippen LogP contribution is -2.31. The zero-order valence-corrected chi connectivity index (χ0v) is 15.5. The standard InChI is InChI=1S/C21H21N5O2/c1-2-11-25(14-16-5-3-4-6-19(16)27)21(28)15-7-9-18(10-8-15)26-20(23)17(12-22)13-24-26/h3-10,13,27H,2,11,14,23H2,1H3. The Hall–Kier alpha value is -3.79. The number of nitrogen functional groups attached to an aromatic ring is 1. The van der Waals surface area contributed by atoms with Gasteiger partial charge in [-0.15, -0.1) is 0 Å². The first-order chi connectivity index (χ1) is 13.5. The molecular weight excluding hydrogens is 354 g/mol. The number of nitrogens with two attached hydrogens (primary N) is 1. The van der Waals surface area contributed by atoms with Gasteiger partial charge < -0.3 is 15.7 Å². The molecule has 0 aliphatic carbocycles. The summed E-state index contributed by atoms with van der Waals surface area (Å²) in [5.41, 5.74) is 8.11. The van der Waals surface area contributed by atoms with Crippen molar-refractivity contribution in [1.29, 1.82) is 5.26 Å². The number of anilines is 1. The number of carbonyl (C=O) groups excluding carboxylic acids is 1. The van der Waals surface area contributed by atoms with Crippen LogP contribution < -0.4 is 5.73 Å². The van der Waals surface area contributed by atoms with Gasteiger partial charge in [-0.1, -0.05) is 25.1 Å². The van der Waals surface area contributed by atoms with Crippen LogP contribution >= 0.6 is 0 Å². The molecule has 3 aromatic rings. The molecule has 0 radical (unpaired) electrons. The number of carbonyl (C=O) groups is 1. The summed E-state index contributed by atoms with van der Waals surface area (Å²) in [6, 6.07) is 15.9. The van der Waals surface area contributed by atoms with Crippen molar-refractivity contribution in [3.63, 3.8) is 0 Å². The van der Waals surface area contributed by atoms with Gasteiger partial charge in [-0.3, -0.25) is 4.79 Å². The van der Waals surface area contributed by atoms with Crippen molar-refractivity contribution >= 4 is 11.7 Å². The van der Waals surface area contributed by atoms with E-state index in [4.69, 9.17) is 11.0 Å². The number of phenols is 1. The number of para-hydroxylation sites is 1. The summed E-state index contributed by atoms with van der Waals surface area (Å²) in [6.45, 7) is 2.91. The molecule has 3 N–H and O–H groups in total. The van der Waals surface area contributed by atoms with Crippen molar-refractivity contribution in [3.8, 4) is 17.5 Å². The summed E-state index contributed by atoms with van der Waals surface area (Å²) in [7, 11) is 0. The minimum absolute atomic E-state index is 0.122. The van der Waals surface area contributed by atoms with Crippen molar-refractivity contribution < 1.29 is 9.90 Å². The fraction of sp³-hybridized carbons (Fsp3) is 0.190. The average Bonchev–Trinajstić information content (AvgIpc) is 3.09. The molecule has 7 nitrogen and oxygen atoms in total. The van der Waals surface area contributed by atoms with Crippen LogP contribution in [0.25, 0.3) is 5.69 Å². The molecule has 1 amide bonds. The van der Waals surface area contributed by atoms with Crippen LogP contribution in [0.5, 0.6) is 5.75 Å². The number of amides is 1. The van der Waals surface area contributed by atoms with Crippen LogP contribution in [0.1, 0.15) is 34.8 Å². The smallest absolute Gasteiger partial charge is 0.254 e. The molecule has 0 unspecified atom stereocenters. The van der Waals surface area contributed by atoms with E-state index < -0.39 is 0 Å². The van der Waals surface area contributed by atoms with E-state index in [2.05, 4.69) is 5.10 Å². The number of aromatic hydroxyl groups is 1. The van der Waals surface area contributed by atoms with Crippen LogP contribution in [0.15, 0.2) is 54.7 Å². The Balaban J connectivity index is 1.82. The molecular formula is C21H21N5O2. The number of hydrogen-bond donors (Lipinski definition) is 2. The normalized spacial score (nSPS) is 10.4. The van der Waals surface area contributed by atoms with Gasteiger partial charge >= 0.3 is 0 Å². The molecule has 0 aliphatic heterocycles. The predicted octanol–water partition coefficient (Wildman–Crippen LogP) is 3.08. The highest BCUT2D eigenvalue weighted by atomic mass is 16.3. The van der Waals surface area contributed by atoms with Gasteiger partial charge in [0.05, 0.1) is 11.9 Å². The Kier molecular flexibility index (Phi) is 5.61. The number of phenolic OH excluding ortho intramolecular Hbond substituents is 1. The number of hydrogen-bond acceptors (Lipinski definition) is 5. The number of nitrogens with zero attached hydrogens (tertiary/aromatic N) is 4. The van der Waals surface area contributed by atoms with Gasteiger partial charge in [-0.25, -0.2) is 4.68 Å². The molecule has 1 heterocycles. The molecule has 0 aliphatic rings. The number of rotatable bonds is 6. The van der Waals surface area contributed by atoms with E-state index in [1.54, 1.807) is 41.3 Å². The Morgan fingerprint density at radius 1 is 1.25 bits per heavy atom. The molecule has 3 rings (SSSR count). The number of nitriles is 1. The van der Waals surface area contributed by atoms with E-state index in [-0.39, 0.29) is 17.5 Å². The van der Waals surface area contributed by atoms with Crippen LogP contribution in [-0.4, -0.2) is 32.2 Å². The van der Waals surface area contributed by atoms with E-state index in [1.807, 2.05) is 25.1 Å². The van der Waals surface area contributed by atoms with Crippen molar-refractivity contribution in [2.24, 2.45) is 0 Å². The summed E-state index contributed by atoms with van der Waals surface area (Å²) < 4.78 is 1.46. The van der Waals surface area contributed by atoms with Gasteiger partial charge in [0.1, 0.15) is 23.2 Å². The molecule has 7 heteroatoms. The maximum absolute atomic E-state index is 13.0. The zero-order valence-electron chi connectivity index (χ0n) is 15.5. The van der Waals surface area contributed by atoms with Crippen LogP contribution in [0.3, 0.4) is 0 Å². The highest BCUT2D eigenvalue weighted by Gasteiger charge is 2.17. The summed E-state index contributed by atoms with van der Waals surface area (Å²) >= 11 is 0. The van der Waals surface area contributed by atoms with Gasteiger partial charge in [-0.2, -0.15) is 10.4 Å². The van der Waals surface area contributed by atoms with Crippen molar-refractivity contribution in [2.45, 2.75) is 19.9 Å². The number of benzene rings is 2. The summed E-state index contributed by atoms with van der Waals surface area (Å²) in [5, 5.41) is 23.1. The van der Waals surface area contributed by atoms with Crippen LogP contribution in [0.4, 0.5) is 5.82 Å². The second-order valence-corrected chi connectivity index (χ2v) is 6.37. The fourth-order valence-corrected chi connectivity index (χ4v) is 2.95. The lowest BCUT2D eigenvalue weighted by Gasteiger charge is -2.23. The molecule has 0 atom stereocenters. The highest BCUT2D eigenvalue weighted by molar-refractivity contribution is 5.94. The third-order valence-electron chi connectivity index (χ3n) is 4.42. The van der Waals surface area contributed by atoms with Crippen LogP contribution in [0, 0.1) is 11.3 Å². The zero-order chi connectivity index (χ0) is 20.1. The minimum Gasteiger partial charge on any atom is -0.508 e. The van der Waals surface area contributed by atoms with E-state index in [0.717, 1.165) is 6.42 Å². The third-order valence-corrected chi connectivity index (χ3v) is 4.42. The first-order valence-corrected chi connectivity index (χ1v) is 8.95. The van der Waals surface area contributed by atoms with Crippen molar-refractivity contribution in [3.05, 3.63) is 71.4 Å². The van der Waals surface area contributed by atoms with E-state index in [0.29, 0.717) is 35.5 Å². The predicted molar refractivity (Wildman–Crippen MR) is 106 cm³/mol. The molecule has 0 saturated carbocycles. The average molecular weight is 375 g/mol. The van der Waals surface area contributed by atoms with Gasteiger partial charge in [-0.05, 0) is 36.8 Å². The molecule has 1 aromatic heterocycles. The third kappa shape index (κ3) is 3.81. The SMILES string of the molecule is CCCN(Cc1ccccc1O)C(=O)c1ccc(-n2ncc(C#N)c2N)cc1. The van der Waals surface area contributed by atoms with E-state index in [1.165, 1.54) is 10.9 Å². The molecule has 0 bridgehead atoms. The molecule has 2 aromatic carbocycles. The maximum Gasteiger partial charge on any atom is 0.254 e. The van der Waals surface area contributed by atoms with Crippen LogP contribution in [0.2, 0.25) is 0 Å². The second-order valence-electron chi connectivity index (χ2n) is 6.37. The second kappa shape index (κ2) is 8.27. The highest BCUT2D eigenvalue weighted by Crippen LogP contribution is 2.21. The molecule has 28 heavy (non-hydrogen) atoms. The Morgan fingerprint density at radius 2 is 1.96 bits per heavy atom. The molecule has 0 fully saturated rings. The minimum atomic E-state index is -0.122. The van der Waals surface area contributed by atoms with Gasteiger partial charge in [0.25, 0.3) is 5.91 Å². The maximum atomic E-state index is 13.0. The fourth-order valence-electron chi connectivity index (χ4n) is 2.95. The Bertz CT molecular complexity index is 1020. The quantitative estimate of drug-likeness (QED) is 0.688. The van der Waals surface area contributed by atoms with E-state index >= 15 is 0 Å². The Morgan fingerprint density at radius 3 is 2.57 bits per heavy atom. The molecule has 0 saturated heterocycles. The molecule has 0 spiro atoms. The van der Waals surface area contributed by atoms with Gasteiger partial charge in [0, 0.05) is 24.2 Å². The first kappa shape index (κ1) is 19.0. The largest absolute Gasteiger partial charge is 0.508 e.